The molecule has 1 aliphatic heterocycles. The van der Waals surface area contributed by atoms with E-state index in [9.17, 15) is 4.79 Å². The van der Waals surface area contributed by atoms with E-state index < -0.39 is 5.54 Å². The number of aryl methyl sites for hydroxylation is 1. The molecule has 1 aliphatic rings. The van der Waals surface area contributed by atoms with E-state index in [1.54, 1.807) is 0 Å². The first-order valence-corrected chi connectivity index (χ1v) is 7.80. The van der Waals surface area contributed by atoms with Gasteiger partial charge in [0.05, 0.1) is 5.54 Å². The van der Waals surface area contributed by atoms with Gasteiger partial charge in [-0.3, -0.25) is 4.79 Å². The number of nitrogens with zero attached hydrogens (tertiary/aromatic N) is 2. The number of hydrogen-bond donors (Lipinski definition) is 1. The summed E-state index contributed by atoms with van der Waals surface area (Å²) in [5.74, 6) is 0.203. The molecule has 4 nitrogen and oxygen atoms in total. The molecule has 0 bridgehead atoms. The van der Waals surface area contributed by atoms with Gasteiger partial charge in [-0.15, -0.1) is 0 Å². The van der Waals surface area contributed by atoms with Gasteiger partial charge in [-0.2, -0.15) is 0 Å². The van der Waals surface area contributed by atoms with Gasteiger partial charge in [0.25, 0.3) is 0 Å². The monoisotopic (exact) mass is 289 g/mol. The van der Waals surface area contributed by atoms with Crippen LogP contribution in [0.3, 0.4) is 0 Å². The van der Waals surface area contributed by atoms with Crippen LogP contribution in [0.4, 0.5) is 5.69 Å². The van der Waals surface area contributed by atoms with Crippen LogP contribution >= 0.6 is 0 Å². The van der Waals surface area contributed by atoms with Crippen molar-refractivity contribution in [3.63, 3.8) is 0 Å². The Hall–Kier alpha value is -1.55. The summed E-state index contributed by atoms with van der Waals surface area (Å²) in [5.41, 5.74) is 2.11. The molecular weight excluding hydrogens is 262 g/mol. The molecule has 1 aromatic rings. The second-order valence-corrected chi connectivity index (χ2v) is 6.22. The molecule has 0 atom stereocenters. The number of carbonyl (C=O) groups excluding carboxylic acids is 1. The second kappa shape index (κ2) is 6.48. The molecule has 2 rings (SSSR count). The lowest BCUT2D eigenvalue weighted by molar-refractivity contribution is -0.137. The second-order valence-electron chi connectivity index (χ2n) is 6.22. The summed E-state index contributed by atoms with van der Waals surface area (Å²) in [6.07, 6.45) is 0. The lowest BCUT2D eigenvalue weighted by Crippen LogP contribution is -2.58. The minimum absolute atomic E-state index is 0.203. The first-order valence-electron chi connectivity index (χ1n) is 7.80. The van der Waals surface area contributed by atoms with E-state index in [-0.39, 0.29) is 5.91 Å². The van der Waals surface area contributed by atoms with Crippen molar-refractivity contribution in [3.05, 3.63) is 29.8 Å². The van der Waals surface area contributed by atoms with Gasteiger partial charge in [-0.1, -0.05) is 25.1 Å². The van der Waals surface area contributed by atoms with Crippen LogP contribution in [0.5, 0.6) is 0 Å². The van der Waals surface area contributed by atoms with E-state index in [4.69, 9.17) is 0 Å². The van der Waals surface area contributed by atoms with Crippen molar-refractivity contribution in [2.45, 2.75) is 33.2 Å². The van der Waals surface area contributed by atoms with Gasteiger partial charge in [0.15, 0.2) is 0 Å². The Balaban J connectivity index is 1.98. The molecule has 0 unspecified atom stereocenters. The van der Waals surface area contributed by atoms with E-state index >= 15 is 0 Å². The summed E-state index contributed by atoms with van der Waals surface area (Å²) in [7, 11) is 0. The maximum absolute atomic E-state index is 12.6. The van der Waals surface area contributed by atoms with Crippen LogP contribution in [0, 0.1) is 6.92 Å². The van der Waals surface area contributed by atoms with Crippen molar-refractivity contribution in [1.29, 1.82) is 0 Å². The number of anilines is 1. The van der Waals surface area contributed by atoms with Gasteiger partial charge >= 0.3 is 0 Å². The van der Waals surface area contributed by atoms with E-state index in [2.05, 4.69) is 41.4 Å². The fourth-order valence-corrected chi connectivity index (χ4v) is 2.98. The number of benzene rings is 1. The Morgan fingerprint density at radius 3 is 2.38 bits per heavy atom. The first kappa shape index (κ1) is 15.8. The van der Waals surface area contributed by atoms with Crippen LogP contribution in [0.15, 0.2) is 24.3 Å². The molecule has 21 heavy (non-hydrogen) atoms. The van der Waals surface area contributed by atoms with E-state index in [1.165, 1.54) is 11.3 Å². The molecule has 1 amide bonds. The van der Waals surface area contributed by atoms with Crippen LogP contribution in [0.25, 0.3) is 0 Å². The average Bonchev–Trinajstić information content (AvgIpc) is 2.47. The molecule has 116 valence electrons. The van der Waals surface area contributed by atoms with Crippen molar-refractivity contribution in [1.82, 2.24) is 10.2 Å². The number of piperazine rings is 1. The topological polar surface area (TPSA) is 35.6 Å². The maximum atomic E-state index is 12.6. The fourth-order valence-electron chi connectivity index (χ4n) is 2.98. The summed E-state index contributed by atoms with van der Waals surface area (Å²) in [6.45, 7) is 12.3. The molecule has 1 saturated heterocycles. The summed E-state index contributed by atoms with van der Waals surface area (Å²) < 4.78 is 0. The lowest BCUT2D eigenvalue weighted by atomic mass is 10.0. The first-order chi connectivity index (χ1) is 9.95. The maximum Gasteiger partial charge on any atom is 0.242 e. The van der Waals surface area contributed by atoms with Gasteiger partial charge in [0, 0.05) is 31.9 Å². The van der Waals surface area contributed by atoms with E-state index in [1.807, 2.05) is 25.7 Å². The van der Waals surface area contributed by atoms with Crippen molar-refractivity contribution in [2.24, 2.45) is 0 Å². The molecule has 0 spiro atoms. The highest BCUT2D eigenvalue weighted by Crippen LogP contribution is 2.21. The van der Waals surface area contributed by atoms with Crippen LogP contribution < -0.4 is 10.2 Å². The minimum atomic E-state index is -0.473. The Kier molecular flexibility index (Phi) is 4.88. The Morgan fingerprint density at radius 2 is 1.81 bits per heavy atom. The Morgan fingerprint density at radius 1 is 1.19 bits per heavy atom. The average molecular weight is 289 g/mol. The highest BCUT2D eigenvalue weighted by molar-refractivity contribution is 5.85. The van der Waals surface area contributed by atoms with Gasteiger partial charge in [0.2, 0.25) is 5.91 Å². The third-order valence-corrected chi connectivity index (χ3v) is 4.18. The molecule has 0 aromatic heterocycles. The summed E-state index contributed by atoms with van der Waals surface area (Å²) in [4.78, 5) is 16.9. The normalized spacial score (nSPS) is 16.2. The molecule has 1 fully saturated rings. The van der Waals surface area contributed by atoms with Crippen molar-refractivity contribution >= 4 is 11.6 Å². The van der Waals surface area contributed by atoms with Crippen LogP contribution in [-0.4, -0.2) is 49.1 Å². The smallest absolute Gasteiger partial charge is 0.242 e. The third kappa shape index (κ3) is 3.56. The Labute approximate surface area is 128 Å². The van der Waals surface area contributed by atoms with Crippen LogP contribution in [-0.2, 0) is 4.79 Å². The summed E-state index contributed by atoms with van der Waals surface area (Å²) in [5, 5.41) is 3.27. The molecule has 1 aromatic carbocycles. The summed E-state index contributed by atoms with van der Waals surface area (Å²) >= 11 is 0. The highest BCUT2D eigenvalue weighted by atomic mass is 16.2. The molecule has 0 aliphatic carbocycles. The quantitative estimate of drug-likeness (QED) is 0.921. The van der Waals surface area contributed by atoms with Gasteiger partial charge in [0.1, 0.15) is 0 Å². The van der Waals surface area contributed by atoms with Crippen LogP contribution in [0.1, 0.15) is 26.3 Å². The zero-order chi connectivity index (χ0) is 15.5. The van der Waals surface area contributed by atoms with Crippen molar-refractivity contribution in [2.75, 3.05) is 37.6 Å². The number of carbonyl (C=O) groups is 1. The van der Waals surface area contributed by atoms with Crippen molar-refractivity contribution < 1.29 is 4.79 Å². The largest absolute Gasteiger partial charge is 0.368 e. The number of para-hydroxylation sites is 1. The highest BCUT2D eigenvalue weighted by Gasteiger charge is 2.32. The lowest BCUT2D eigenvalue weighted by Gasteiger charge is -2.40. The molecule has 4 heteroatoms. The predicted octanol–water partition coefficient (Wildman–Crippen LogP) is 2.03. The van der Waals surface area contributed by atoms with Gasteiger partial charge in [-0.25, -0.2) is 0 Å². The molecule has 0 saturated carbocycles. The standard InChI is InChI=1S/C17H27N3O/c1-5-18-17(3,4)16(21)20-12-10-19(11-13-20)15-9-7-6-8-14(15)2/h6-9,18H,5,10-13H2,1-4H3. The number of nitrogens with one attached hydrogen (secondary N) is 1. The number of rotatable bonds is 4. The fraction of sp³-hybridized carbons (Fsp3) is 0.588. The summed E-state index contributed by atoms with van der Waals surface area (Å²) in [6, 6.07) is 8.45. The van der Waals surface area contributed by atoms with Gasteiger partial charge in [-0.05, 0) is 38.9 Å². The zero-order valence-electron chi connectivity index (χ0n) is 13.6. The van der Waals surface area contributed by atoms with Crippen molar-refractivity contribution in [3.8, 4) is 0 Å². The zero-order valence-corrected chi connectivity index (χ0v) is 13.6. The Bertz CT molecular complexity index is 491. The van der Waals surface area contributed by atoms with E-state index in [0.717, 1.165) is 32.7 Å². The number of amides is 1. The molecule has 1 heterocycles. The molecule has 0 radical (unpaired) electrons. The minimum Gasteiger partial charge on any atom is -0.368 e. The van der Waals surface area contributed by atoms with E-state index in [0.29, 0.717) is 0 Å². The number of hydrogen-bond acceptors (Lipinski definition) is 3. The number of likely N-dealkylation sites (N-methyl/N-ethyl adjacent to an activating group) is 1. The van der Waals surface area contributed by atoms with Crippen LogP contribution in [0.2, 0.25) is 0 Å². The molecule has 1 N–H and O–H groups in total. The van der Waals surface area contributed by atoms with Gasteiger partial charge < -0.3 is 15.1 Å². The molecular formula is C17H27N3O. The predicted molar refractivity (Wildman–Crippen MR) is 87.7 cm³/mol. The third-order valence-electron chi connectivity index (χ3n) is 4.18. The SMILES string of the molecule is CCNC(C)(C)C(=O)N1CCN(c2ccccc2C)CC1.